The first-order valence-electron chi connectivity index (χ1n) is 8.12. The minimum absolute atomic E-state index is 0.234. The van der Waals surface area contributed by atoms with Gasteiger partial charge in [0.2, 0.25) is 8.32 Å². The maximum Gasteiger partial charge on any atom is 0.287 e. The van der Waals surface area contributed by atoms with Crippen LogP contribution in [0, 0.1) is 0 Å². The highest BCUT2D eigenvalue weighted by Gasteiger charge is 2.49. The zero-order chi connectivity index (χ0) is 17.1. The van der Waals surface area contributed by atoms with Crippen molar-refractivity contribution in [3.05, 3.63) is 29.8 Å². The third-order valence-electron chi connectivity index (χ3n) is 4.58. The van der Waals surface area contributed by atoms with Gasteiger partial charge in [-0.05, 0) is 40.7 Å². The lowest BCUT2D eigenvalue weighted by atomic mass is 10.2. The van der Waals surface area contributed by atoms with E-state index < -0.39 is 18.4 Å². The Hall–Kier alpha value is -0.653. The van der Waals surface area contributed by atoms with Gasteiger partial charge in [0.1, 0.15) is 0 Å². The van der Waals surface area contributed by atoms with E-state index in [0.717, 1.165) is 12.0 Å². The van der Waals surface area contributed by atoms with Crippen molar-refractivity contribution in [2.45, 2.75) is 76.4 Å². The average molecular weight is 343 g/mol. The molecule has 0 saturated carbocycles. The molecule has 0 aliphatic carbocycles. The van der Waals surface area contributed by atoms with Crippen LogP contribution in [0.25, 0.3) is 0 Å². The molecule has 0 aromatic heterocycles. The Morgan fingerprint density at radius 2 is 1.32 bits per heavy atom. The predicted octanol–water partition coefficient (Wildman–Crippen LogP) is 5.13. The maximum atomic E-state index is 12.8. The molecule has 0 aliphatic heterocycles. The number of rotatable bonds is 7. The number of benzene rings is 1. The van der Waals surface area contributed by atoms with Gasteiger partial charge in [0, 0.05) is 0 Å². The van der Waals surface area contributed by atoms with Gasteiger partial charge in [0.05, 0.1) is 4.90 Å². The smallest absolute Gasteiger partial charge is 0.287 e. The molecular formula is C17H30O3SSi. The van der Waals surface area contributed by atoms with Crippen LogP contribution in [-0.4, -0.2) is 16.7 Å². The molecule has 3 nitrogen and oxygen atoms in total. The van der Waals surface area contributed by atoms with Gasteiger partial charge >= 0.3 is 0 Å². The second kappa shape index (κ2) is 7.28. The van der Waals surface area contributed by atoms with Crippen LogP contribution in [-0.2, 0) is 20.4 Å². The molecule has 0 unspecified atom stereocenters. The van der Waals surface area contributed by atoms with Crippen molar-refractivity contribution in [2.75, 3.05) is 0 Å². The minimum atomic E-state index is -3.72. The lowest BCUT2D eigenvalue weighted by Crippen LogP contribution is -2.49. The van der Waals surface area contributed by atoms with Crippen molar-refractivity contribution < 1.29 is 12.3 Å². The van der Waals surface area contributed by atoms with Crippen molar-refractivity contribution in [3.8, 4) is 0 Å². The lowest BCUT2D eigenvalue weighted by Gasteiger charge is -2.40. The summed E-state index contributed by atoms with van der Waals surface area (Å²) >= 11 is 0. The van der Waals surface area contributed by atoms with Gasteiger partial charge in [0.15, 0.2) is 0 Å². The minimum Gasteiger partial charge on any atom is -0.310 e. The third kappa shape index (κ3) is 3.81. The zero-order valence-electron chi connectivity index (χ0n) is 14.9. The first kappa shape index (κ1) is 19.4. The van der Waals surface area contributed by atoms with E-state index in [0.29, 0.717) is 0 Å². The second-order valence-electron chi connectivity index (χ2n) is 6.85. The van der Waals surface area contributed by atoms with E-state index >= 15 is 0 Å². The summed E-state index contributed by atoms with van der Waals surface area (Å²) in [5.74, 6) is 0. The molecule has 22 heavy (non-hydrogen) atoms. The number of hydrogen-bond acceptors (Lipinski definition) is 3. The fourth-order valence-electron chi connectivity index (χ4n) is 3.42. The van der Waals surface area contributed by atoms with Crippen LogP contribution in [0.3, 0.4) is 0 Å². The van der Waals surface area contributed by atoms with Crippen LogP contribution in [0.5, 0.6) is 0 Å². The van der Waals surface area contributed by atoms with E-state index in [9.17, 15) is 8.42 Å². The molecular weight excluding hydrogens is 312 g/mol. The Balaban J connectivity index is 3.25. The van der Waals surface area contributed by atoms with E-state index in [1.807, 2.05) is 19.1 Å². The average Bonchev–Trinajstić information content (AvgIpc) is 2.43. The summed E-state index contributed by atoms with van der Waals surface area (Å²) in [5, 5.41) is 0. The standard InChI is InChI=1S/C17H30O3SSi/c1-8-16-9-11-17(12-10-16)21(18,19)20-22(13(2)3,14(4)5)15(6)7/h9-15H,8H2,1-7H3. The fourth-order valence-corrected chi connectivity index (χ4v) is 12.1. The van der Waals surface area contributed by atoms with E-state index in [1.54, 1.807) is 12.1 Å². The van der Waals surface area contributed by atoms with Crippen LogP contribution in [0.15, 0.2) is 29.2 Å². The highest BCUT2D eigenvalue weighted by molar-refractivity contribution is 7.87. The summed E-state index contributed by atoms with van der Waals surface area (Å²) < 4.78 is 31.5. The lowest BCUT2D eigenvalue weighted by molar-refractivity contribution is 0.447. The molecule has 0 N–H and O–H groups in total. The molecule has 0 amide bonds. The molecule has 0 radical (unpaired) electrons. The topological polar surface area (TPSA) is 43.4 Å². The first-order chi connectivity index (χ1) is 10.1. The highest BCUT2D eigenvalue weighted by Crippen LogP contribution is 2.44. The van der Waals surface area contributed by atoms with Gasteiger partial charge in [-0.15, -0.1) is 0 Å². The summed E-state index contributed by atoms with van der Waals surface area (Å²) in [6.45, 7) is 14.6. The van der Waals surface area contributed by atoms with E-state index in [-0.39, 0.29) is 21.5 Å². The van der Waals surface area contributed by atoms with Gasteiger partial charge in [0.25, 0.3) is 10.1 Å². The molecule has 1 rings (SSSR count). The summed E-state index contributed by atoms with van der Waals surface area (Å²) in [4.78, 5) is 0.267. The monoisotopic (exact) mass is 342 g/mol. The molecule has 0 saturated heterocycles. The highest BCUT2D eigenvalue weighted by atomic mass is 32.2. The summed E-state index contributed by atoms with van der Waals surface area (Å²) in [5.41, 5.74) is 1.82. The van der Waals surface area contributed by atoms with E-state index in [2.05, 4.69) is 41.5 Å². The van der Waals surface area contributed by atoms with Crippen LogP contribution < -0.4 is 0 Å². The number of hydrogen-bond donors (Lipinski definition) is 0. The first-order valence-corrected chi connectivity index (χ1v) is 11.7. The molecule has 0 fully saturated rings. The summed E-state index contributed by atoms with van der Waals surface area (Å²) in [6.07, 6.45) is 0.893. The second-order valence-corrected chi connectivity index (χ2v) is 14.1. The van der Waals surface area contributed by atoms with Gasteiger partial charge in [-0.3, -0.25) is 0 Å². The van der Waals surface area contributed by atoms with Crippen molar-refractivity contribution >= 4 is 18.4 Å². The fraction of sp³-hybridized carbons (Fsp3) is 0.647. The largest absolute Gasteiger partial charge is 0.310 e. The van der Waals surface area contributed by atoms with Crippen molar-refractivity contribution in [1.82, 2.24) is 0 Å². The van der Waals surface area contributed by atoms with Crippen LogP contribution in [0.2, 0.25) is 16.6 Å². The Bertz CT molecular complexity index is 553. The van der Waals surface area contributed by atoms with Crippen molar-refractivity contribution in [3.63, 3.8) is 0 Å². The van der Waals surface area contributed by atoms with Crippen molar-refractivity contribution in [2.24, 2.45) is 0 Å². The molecule has 0 atom stereocenters. The van der Waals surface area contributed by atoms with Gasteiger partial charge in [-0.2, -0.15) is 8.42 Å². The summed E-state index contributed by atoms with van der Waals surface area (Å²) in [6, 6.07) is 7.04. The molecule has 126 valence electrons. The SMILES string of the molecule is CCc1ccc(S(=O)(=O)O[Si](C(C)C)(C(C)C)C(C)C)cc1. The molecule has 1 aromatic rings. The Kier molecular flexibility index (Phi) is 6.42. The maximum absolute atomic E-state index is 12.8. The third-order valence-corrected chi connectivity index (χ3v) is 12.9. The van der Waals surface area contributed by atoms with Gasteiger partial charge in [-0.25, -0.2) is 0 Å². The molecule has 0 bridgehead atoms. The van der Waals surface area contributed by atoms with Crippen LogP contribution in [0.4, 0.5) is 0 Å². The summed E-state index contributed by atoms with van der Waals surface area (Å²) in [7, 11) is -6.17. The zero-order valence-corrected chi connectivity index (χ0v) is 16.7. The molecule has 0 aliphatic rings. The number of aryl methyl sites for hydroxylation is 1. The van der Waals surface area contributed by atoms with Gasteiger partial charge in [-0.1, -0.05) is 60.6 Å². The molecule has 0 heterocycles. The van der Waals surface area contributed by atoms with Crippen molar-refractivity contribution in [1.29, 1.82) is 0 Å². The Morgan fingerprint density at radius 1 is 0.909 bits per heavy atom. The van der Waals surface area contributed by atoms with Crippen LogP contribution in [0.1, 0.15) is 54.0 Å². The Morgan fingerprint density at radius 3 is 1.64 bits per heavy atom. The van der Waals surface area contributed by atoms with Crippen LogP contribution >= 0.6 is 0 Å². The quantitative estimate of drug-likeness (QED) is 0.645. The van der Waals surface area contributed by atoms with Gasteiger partial charge < -0.3 is 3.87 Å². The molecule has 5 heteroatoms. The molecule has 1 aromatic carbocycles. The van der Waals surface area contributed by atoms with E-state index in [1.165, 1.54) is 0 Å². The molecule has 0 spiro atoms. The normalized spacial score (nSPS) is 13.4. The van der Waals surface area contributed by atoms with E-state index in [4.69, 9.17) is 3.87 Å². The predicted molar refractivity (Wildman–Crippen MR) is 95.1 cm³/mol. The Labute approximate surface area is 137 Å².